The maximum atomic E-state index is 4.28. The molecule has 1 heteroatoms. The quantitative estimate of drug-likeness (QED) is 0.679. The van der Waals surface area contributed by atoms with Crippen molar-refractivity contribution in [3.63, 3.8) is 0 Å². The SMILES string of the molecule is C=C/C1=C(\C=C)CCc2cccnc2C#C1. The van der Waals surface area contributed by atoms with E-state index in [0.717, 1.165) is 29.7 Å². The molecule has 1 aromatic heterocycles. The van der Waals surface area contributed by atoms with Crippen LogP contribution in [0.3, 0.4) is 0 Å². The summed E-state index contributed by atoms with van der Waals surface area (Å²) in [5.74, 6) is 6.20. The molecule has 0 N–H and O–H groups in total. The van der Waals surface area contributed by atoms with E-state index in [1.807, 2.05) is 12.1 Å². The second kappa shape index (κ2) is 4.63. The first kappa shape index (κ1) is 10.4. The highest BCUT2D eigenvalue weighted by Gasteiger charge is 2.06. The van der Waals surface area contributed by atoms with Gasteiger partial charge in [-0.3, -0.25) is 0 Å². The highest BCUT2D eigenvalue weighted by atomic mass is 14.7. The van der Waals surface area contributed by atoms with Crippen LogP contribution in [-0.2, 0) is 6.42 Å². The third kappa shape index (κ3) is 1.97. The second-order valence-corrected chi connectivity index (χ2v) is 3.61. The number of pyridine rings is 1. The van der Waals surface area contributed by atoms with Crippen molar-refractivity contribution in [3.8, 4) is 11.8 Å². The van der Waals surface area contributed by atoms with E-state index in [2.05, 4.69) is 36.0 Å². The fraction of sp³-hybridized carbons (Fsp3) is 0.133. The number of aryl methyl sites for hydroxylation is 1. The first-order chi connectivity index (χ1) is 7.85. The van der Waals surface area contributed by atoms with Gasteiger partial charge in [-0.05, 0) is 36.0 Å². The van der Waals surface area contributed by atoms with Crippen LogP contribution in [0.1, 0.15) is 17.7 Å². The summed E-state index contributed by atoms with van der Waals surface area (Å²) in [5.41, 5.74) is 4.21. The van der Waals surface area contributed by atoms with Crippen LogP contribution in [0.2, 0.25) is 0 Å². The molecule has 1 nitrogen and oxygen atoms in total. The van der Waals surface area contributed by atoms with E-state index < -0.39 is 0 Å². The van der Waals surface area contributed by atoms with Crippen molar-refractivity contribution < 1.29 is 0 Å². The van der Waals surface area contributed by atoms with Crippen LogP contribution in [0.15, 0.2) is 54.8 Å². The third-order valence-electron chi connectivity index (χ3n) is 2.67. The first-order valence-corrected chi connectivity index (χ1v) is 5.29. The molecular weight excluding hydrogens is 194 g/mol. The van der Waals surface area contributed by atoms with Gasteiger partial charge in [-0.2, -0.15) is 0 Å². The number of hydrogen-bond donors (Lipinski definition) is 0. The summed E-state index contributed by atoms with van der Waals surface area (Å²) >= 11 is 0. The third-order valence-corrected chi connectivity index (χ3v) is 2.67. The van der Waals surface area contributed by atoms with Gasteiger partial charge in [0.1, 0.15) is 5.69 Å². The maximum Gasteiger partial charge on any atom is 0.116 e. The average Bonchev–Trinajstić information content (AvgIpc) is 2.31. The number of aromatic nitrogens is 1. The lowest BCUT2D eigenvalue weighted by Crippen LogP contribution is -1.98. The van der Waals surface area contributed by atoms with E-state index in [0.29, 0.717) is 0 Å². The molecule has 0 fully saturated rings. The van der Waals surface area contributed by atoms with Crippen LogP contribution in [0.4, 0.5) is 0 Å². The van der Waals surface area contributed by atoms with E-state index >= 15 is 0 Å². The Morgan fingerprint density at radius 2 is 2.06 bits per heavy atom. The van der Waals surface area contributed by atoms with Crippen molar-refractivity contribution >= 4 is 0 Å². The van der Waals surface area contributed by atoms with Crippen molar-refractivity contribution in [1.29, 1.82) is 0 Å². The number of allylic oxidation sites excluding steroid dienone is 4. The second-order valence-electron chi connectivity index (χ2n) is 3.61. The Morgan fingerprint density at radius 3 is 2.81 bits per heavy atom. The molecule has 0 saturated heterocycles. The van der Waals surface area contributed by atoms with Gasteiger partial charge in [0, 0.05) is 11.8 Å². The van der Waals surface area contributed by atoms with Gasteiger partial charge in [0.25, 0.3) is 0 Å². The Balaban J connectivity index is 2.52. The van der Waals surface area contributed by atoms with E-state index in [-0.39, 0.29) is 0 Å². The summed E-state index contributed by atoms with van der Waals surface area (Å²) < 4.78 is 0. The van der Waals surface area contributed by atoms with Crippen molar-refractivity contribution in [2.45, 2.75) is 12.8 Å². The van der Waals surface area contributed by atoms with Gasteiger partial charge < -0.3 is 0 Å². The zero-order valence-corrected chi connectivity index (χ0v) is 9.16. The lowest BCUT2D eigenvalue weighted by molar-refractivity contribution is 0.942. The highest BCUT2D eigenvalue weighted by molar-refractivity contribution is 5.51. The van der Waals surface area contributed by atoms with Gasteiger partial charge in [-0.1, -0.05) is 37.3 Å². The molecule has 78 valence electrons. The molecule has 1 aromatic rings. The lowest BCUT2D eigenvalue weighted by atomic mass is 9.97. The van der Waals surface area contributed by atoms with E-state index in [9.17, 15) is 0 Å². The molecule has 0 saturated carbocycles. The Morgan fingerprint density at radius 1 is 1.19 bits per heavy atom. The minimum Gasteiger partial charge on any atom is -0.247 e. The van der Waals surface area contributed by atoms with Crippen LogP contribution in [0.5, 0.6) is 0 Å². The number of nitrogens with zero attached hydrogens (tertiary/aromatic N) is 1. The van der Waals surface area contributed by atoms with Crippen LogP contribution in [0.25, 0.3) is 0 Å². The van der Waals surface area contributed by atoms with Crippen molar-refractivity contribution in [3.05, 3.63) is 66.0 Å². The van der Waals surface area contributed by atoms with Crippen molar-refractivity contribution in [2.75, 3.05) is 0 Å². The summed E-state index contributed by atoms with van der Waals surface area (Å²) in [6.45, 7) is 7.60. The van der Waals surface area contributed by atoms with Crippen LogP contribution >= 0.6 is 0 Å². The number of hydrogen-bond acceptors (Lipinski definition) is 1. The molecule has 0 spiro atoms. The van der Waals surface area contributed by atoms with Gasteiger partial charge in [0.2, 0.25) is 0 Å². The standard InChI is InChI=1S/C15H13N/c1-3-12-7-8-14-6-5-11-16-15(14)10-9-13(12)4-2/h3-6,11H,1-2,7-8H2/b13-12-. The van der Waals surface area contributed by atoms with E-state index in [4.69, 9.17) is 0 Å². The molecule has 0 aliphatic heterocycles. The zero-order chi connectivity index (χ0) is 11.4. The maximum absolute atomic E-state index is 4.28. The Bertz CT molecular complexity index is 524. The van der Waals surface area contributed by atoms with Gasteiger partial charge in [0.15, 0.2) is 0 Å². The summed E-state index contributed by atoms with van der Waals surface area (Å²) in [7, 11) is 0. The summed E-state index contributed by atoms with van der Waals surface area (Å²) in [6.07, 6.45) is 7.33. The van der Waals surface area contributed by atoms with Crippen LogP contribution in [0, 0.1) is 11.8 Å². The smallest absolute Gasteiger partial charge is 0.116 e. The summed E-state index contributed by atoms with van der Waals surface area (Å²) in [6, 6.07) is 4.03. The molecular formula is C15H13N. The number of fused-ring (bicyclic) bond motifs is 1. The topological polar surface area (TPSA) is 12.9 Å². The van der Waals surface area contributed by atoms with Crippen molar-refractivity contribution in [1.82, 2.24) is 4.98 Å². The van der Waals surface area contributed by atoms with Crippen LogP contribution < -0.4 is 0 Å². The van der Waals surface area contributed by atoms with Crippen LogP contribution in [-0.4, -0.2) is 4.98 Å². The fourth-order valence-electron chi connectivity index (χ4n) is 1.76. The molecule has 1 heterocycles. The lowest BCUT2D eigenvalue weighted by Gasteiger charge is -2.09. The summed E-state index contributed by atoms with van der Waals surface area (Å²) in [5, 5.41) is 0. The molecule has 0 radical (unpaired) electrons. The Hall–Kier alpha value is -2.07. The predicted molar refractivity (Wildman–Crippen MR) is 66.9 cm³/mol. The molecule has 16 heavy (non-hydrogen) atoms. The van der Waals surface area contributed by atoms with E-state index in [1.54, 1.807) is 12.3 Å². The minimum atomic E-state index is 0.880. The Kier molecular flexibility index (Phi) is 3.03. The minimum absolute atomic E-state index is 0.880. The largest absolute Gasteiger partial charge is 0.247 e. The highest BCUT2D eigenvalue weighted by Crippen LogP contribution is 2.18. The molecule has 0 aromatic carbocycles. The Labute approximate surface area is 96.2 Å². The average molecular weight is 207 g/mol. The first-order valence-electron chi connectivity index (χ1n) is 5.29. The predicted octanol–water partition coefficient (Wildman–Crippen LogP) is 3.05. The van der Waals surface area contributed by atoms with Gasteiger partial charge in [0.05, 0.1) is 0 Å². The van der Waals surface area contributed by atoms with E-state index in [1.165, 1.54) is 5.56 Å². The van der Waals surface area contributed by atoms with Gasteiger partial charge in [-0.15, -0.1) is 0 Å². The molecule has 0 atom stereocenters. The monoisotopic (exact) mass is 207 g/mol. The molecule has 2 rings (SSSR count). The van der Waals surface area contributed by atoms with Gasteiger partial charge in [-0.25, -0.2) is 4.98 Å². The summed E-state index contributed by atoms with van der Waals surface area (Å²) in [4.78, 5) is 4.28. The normalized spacial score (nSPS) is 18.5. The zero-order valence-electron chi connectivity index (χ0n) is 9.16. The molecule has 1 aliphatic carbocycles. The van der Waals surface area contributed by atoms with Gasteiger partial charge >= 0.3 is 0 Å². The molecule has 1 aliphatic rings. The molecule has 0 unspecified atom stereocenters. The molecule has 0 amide bonds. The number of rotatable bonds is 2. The van der Waals surface area contributed by atoms with Crippen molar-refractivity contribution in [2.24, 2.45) is 0 Å². The molecule has 0 bridgehead atoms. The fourth-order valence-corrected chi connectivity index (χ4v) is 1.76.